The lowest BCUT2D eigenvalue weighted by atomic mass is 9.82. The van der Waals surface area contributed by atoms with Crippen molar-refractivity contribution in [1.29, 1.82) is 0 Å². The standard InChI is InChI=1S/C20H33NO2/c1-19(2,3)14-20(4,5)21-12-17(22)13-23-18-10-9-15-7-6-8-16(15)11-18/h9-11,17,21-22H,6-8,12-14H2,1-5H3/t17-/m1/s1. The van der Waals surface area contributed by atoms with E-state index >= 15 is 0 Å². The van der Waals surface area contributed by atoms with Crippen molar-refractivity contribution in [3.8, 4) is 5.75 Å². The lowest BCUT2D eigenvalue weighted by Gasteiger charge is -2.34. The number of aryl methyl sites for hydroxylation is 2. The fourth-order valence-corrected chi connectivity index (χ4v) is 3.67. The highest BCUT2D eigenvalue weighted by molar-refractivity contribution is 5.38. The fourth-order valence-electron chi connectivity index (χ4n) is 3.67. The van der Waals surface area contributed by atoms with Crippen molar-refractivity contribution in [2.75, 3.05) is 13.2 Å². The van der Waals surface area contributed by atoms with Crippen molar-refractivity contribution in [2.45, 2.75) is 71.9 Å². The molecule has 0 heterocycles. The molecule has 1 aromatic rings. The molecule has 0 spiro atoms. The maximum absolute atomic E-state index is 10.2. The summed E-state index contributed by atoms with van der Waals surface area (Å²) in [5, 5.41) is 13.6. The number of aliphatic hydroxyl groups is 1. The summed E-state index contributed by atoms with van der Waals surface area (Å²) in [6, 6.07) is 6.31. The van der Waals surface area contributed by atoms with Crippen molar-refractivity contribution in [3.05, 3.63) is 29.3 Å². The zero-order valence-corrected chi connectivity index (χ0v) is 15.4. The topological polar surface area (TPSA) is 41.5 Å². The third-order valence-electron chi connectivity index (χ3n) is 4.30. The predicted octanol–water partition coefficient (Wildman–Crippen LogP) is 3.72. The van der Waals surface area contributed by atoms with Gasteiger partial charge < -0.3 is 15.2 Å². The van der Waals surface area contributed by atoms with Crippen molar-refractivity contribution in [2.24, 2.45) is 5.41 Å². The van der Waals surface area contributed by atoms with E-state index < -0.39 is 6.10 Å². The van der Waals surface area contributed by atoms with Crippen molar-refractivity contribution in [1.82, 2.24) is 5.32 Å². The molecule has 2 N–H and O–H groups in total. The number of rotatable bonds is 7. The average molecular weight is 319 g/mol. The zero-order valence-electron chi connectivity index (χ0n) is 15.4. The second-order valence-corrected chi connectivity index (χ2v) is 8.75. The summed E-state index contributed by atoms with van der Waals surface area (Å²) in [4.78, 5) is 0. The number of hydrogen-bond donors (Lipinski definition) is 2. The van der Waals surface area contributed by atoms with Crippen LogP contribution in [0.2, 0.25) is 0 Å². The molecule has 0 fully saturated rings. The number of fused-ring (bicyclic) bond motifs is 1. The van der Waals surface area contributed by atoms with E-state index in [2.05, 4.69) is 52.1 Å². The molecular weight excluding hydrogens is 286 g/mol. The highest BCUT2D eigenvalue weighted by Gasteiger charge is 2.25. The molecule has 130 valence electrons. The van der Waals surface area contributed by atoms with Gasteiger partial charge in [0.15, 0.2) is 0 Å². The van der Waals surface area contributed by atoms with Crippen LogP contribution in [0.4, 0.5) is 0 Å². The first-order valence-electron chi connectivity index (χ1n) is 8.82. The normalized spacial score (nSPS) is 16.3. The van der Waals surface area contributed by atoms with Crippen LogP contribution in [0, 0.1) is 5.41 Å². The van der Waals surface area contributed by atoms with Crippen molar-refractivity contribution < 1.29 is 9.84 Å². The molecular formula is C20H33NO2. The van der Waals surface area contributed by atoms with Gasteiger partial charge in [0.2, 0.25) is 0 Å². The Labute approximate surface area is 141 Å². The molecule has 1 atom stereocenters. The minimum absolute atomic E-state index is 0.00675. The maximum Gasteiger partial charge on any atom is 0.119 e. The van der Waals surface area contributed by atoms with Crippen LogP contribution in [0.3, 0.4) is 0 Å². The highest BCUT2D eigenvalue weighted by Crippen LogP contribution is 2.27. The molecule has 1 aromatic carbocycles. The molecule has 0 bridgehead atoms. The van der Waals surface area contributed by atoms with Gasteiger partial charge in [0, 0.05) is 12.1 Å². The molecule has 0 aromatic heterocycles. The van der Waals surface area contributed by atoms with Gasteiger partial charge in [0.05, 0.1) is 0 Å². The van der Waals surface area contributed by atoms with Crippen molar-refractivity contribution in [3.63, 3.8) is 0 Å². The minimum Gasteiger partial charge on any atom is -0.491 e. The van der Waals surface area contributed by atoms with Crippen LogP contribution >= 0.6 is 0 Å². The number of nitrogens with one attached hydrogen (secondary N) is 1. The predicted molar refractivity (Wildman–Crippen MR) is 96.1 cm³/mol. The Hall–Kier alpha value is -1.06. The summed E-state index contributed by atoms with van der Waals surface area (Å²) in [7, 11) is 0. The van der Waals surface area contributed by atoms with Crippen LogP contribution in [0.1, 0.15) is 58.6 Å². The Balaban J connectivity index is 1.76. The number of aliphatic hydroxyl groups excluding tert-OH is 1. The smallest absolute Gasteiger partial charge is 0.119 e. The molecule has 0 amide bonds. The SMILES string of the molecule is CC(C)(C)CC(C)(C)NC[C@@H](O)COc1ccc2c(c1)CCC2. The Bertz CT molecular complexity index is 517. The lowest BCUT2D eigenvalue weighted by molar-refractivity contribution is 0.0944. The van der Waals surface area contributed by atoms with E-state index in [1.807, 2.05) is 6.07 Å². The van der Waals surface area contributed by atoms with Gasteiger partial charge in [-0.3, -0.25) is 0 Å². The van der Waals surface area contributed by atoms with Gasteiger partial charge >= 0.3 is 0 Å². The van der Waals surface area contributed by atoms with Crippen LogP contribution in [-0.4, -0.2) is 29.9 Å². The number of benzene rings is 1. The summed E-state index contributed by atoms with van der Waals surface area (Å²) >= 11 is 0. The number of ether oxygens (including phenoxy) is 1. The van der Waals surface area contributed by atoms with E-state index in [4.69, 9.17) is 4.74 Å². The molecule has 23 heavy (non-hydrogen) atoms. The van der Waals surface area contributed by atoms with E-state index in [-0.39, 0.29) is 11.0 Å². The van der Waals surface area contributed by atoms with E-state index in [0.717, 1.165) is 18.6 Å². The van der Waals surface area contributed by atoms with Crippen LogP contribution in [0.15, 0.2) is 18.2 Å². The summed E-state index contributed by atoms with van der Waals surface area (Å²) in [5.41, 5.74) is 3.12. The third-order valence-corrected chi connectivity index (χ3v) is 4.30. The van der Waals surface area contributed by atoms with E-state index in [9.17, 15) is 5.11 Å². The second kappa shape index (κ2) is 7.23. The highest BCUT2D eigenvalue weighted by atomic mass is 16.5. The molecule has 1 aliphatic rings. The molecule has 2 rings (SSSR count). The molecule has 0 radical (unpaired) electrons. The first-order chi connectivity index (χ1) is 10.6. The summed E-state index contributed by atoms with van der Waals surface area (Å²) in [6.07, 6.45) is 4.14. The van der Waals surface area contributed by atoms with Gasteiger partial charge in [-0.15, -0.1) is 0 Å². The Morgan fingerprint density at radius 3 is 2.52 bits per heavy atom. The second-order valence-electron chi connectivity index (χ2n) is 8.75. The maximum atomic E-state index is 10.2. The van der Waals surface area contributed by atoms with Gasteiger partial charge in [-0.1, -0.05) is 26.8 Å². The minimum atomic E-state index is -0.498. The van der Waals surface area contributed by atoms with Gasteiger partial charge in [-0.05, 0) is 68.2 Å². The van der Waals surface area contributed by atoms with E-state index in [1.165, 1.54) is 24.0 Å². The summed E-state index contributed by atoms with van der Waals surface area (Å²) in [6.45, 7) is 12.0. The van der Waals surface area contributed by atoms with Gasteiger partial charge in [-0.2, -0.15) is 0 Å². The largest absolute Gasteiger partial charge is 0.491 e. The molecule has 0 saturated carbocycles. The summed E-state index contributed by atoms with van der Waals surface area (Å²) < 4.78 is 5.77. The third kappa shape index (κ3) is 6.15. The molecule has 3 nitrogen and oxygen atoms in total. The van der Waals surface area contributed by atoms with E-state index in [1.54, 1.807) is 0 Å². The molecule has 0 unspecified atom stereocenters. The van der Waals surface area contributed by atoms with Crippen LogP contribution in [-0.2, 0) is 12.8 Å². The zero-order chi connectivity index (χ0) is 17.1. The Morgan fingerprint density at radius 2 is 1.83 bits per heavy atom. The first kappa shape index (κ1) is 18.3. The Kier molecular flexibility index (Phi) is 5.74. The quantitative estimate of drug-likeness (QED) is 0.805. The van der Waals surface area contributed by atoms with Gasteiger partial charge in [0.25, 0.3) is 0 Å². The molecule has 3 heteroatoms. The molecule has 1 aliphatic carbocycles. The summed E-state index contributed by atoms with van der Waals surface area (Å²) in [5.74, 6) is 0.874. The van der Waals surface area contributed by atoms with Gasteiger partial charge in [-0.25, -0.2) is 0 Å². The van der Waals surface area contributed by atoms with Crippen LogP contribution < -0.4 is 10.1 Å². The first-order valence-corrected chi connectivity index (χ1v) is 8.82. The van der Waals surface area contributed by atoms with Gasteiger partial charge in [0.1, 0.15) is 18.5 Å². The molecule has 0 saturated heterocycles. The Morgan fingerprint density at radius 1 is 1.13 bits per heavy atom. The molecule has 0 aliphatic heterocycles. The number of hydrogen-bond acceptors (Lipinski definition) is 3. The van der Waals surface area contributed by atoms with Crippen LogP contribution in [0.25, 0.3) is 0 Å². The lowest BCUT2D eigenvalue weighted by Crippen LogP contribution is -2.46. The van der Waals surface area contributed by atoms with Crippen LogP contribution in [0.5, 0.6) is 5.75 Å². The number of β-amino-alcohol motifs (C(OH)–C–C–N with tert-alkyl or cyclic N) is 1. The van der Waals surface area contributed by atoms with Crippen molar-refractivity contribution >= 4 is 0 Å². The monoisotopic (exact) mass is 319 g/mol. The van der Waals surface area contributed by atoms with E-state index in [0.29, 0.717) is 13.2 Å². The average Bonchev–Trinajstić information content (AvgIpc) is 2.88. The fraction of sp³-hybridized carbons (Fsp3) is 0.700.